The van der Waals surface area contributed by atoms with E-state index in [0.29, 0.717) is 11.5 Å². The maximum atomic E-state index is 13.3. The maximum absolute atomic E-state index is 13.3. The van der Waals surface area contributed by atoms with Gasteiger partial charge in [-0.2, -0.15) is 5.26 Å². The predicted molar refractivity (Wildman–Crippen MR) is 104 cm³/mol. The molecule has 1 atom stereocenters. The maximum Gasteiger partial charge on any atom is 0.259 e. The van der Waals surface area contributed by atoms with Crippen LogP contribution in [-0.4, -0.2) is 30.3 Å². The zero-order valence-corrected chi connectivity index (χ0v) is 16.9. The molecule has 1 aliphatic rings. The van der Waals surface area contributed by atoms with Crippen molar-refractivity contribution in [3.05, 3.63) is 53.6 Å². The third kappa shape index (κ3) is 4.98. The van der Waals surface area contributed by atoms with E-state index in [1.54, 1.807) is 6.07 Å². The van der Waals surface area contributed by atoms with Gasteiger partial charge in [0.05, 0.1) is 6.07 Å². The number of amides is 1. The summed E-state index contributed by atoms with van der Waals surface area (Å²) < 4.78 is 43.1. The van der Waals surface area contributed by atoms with Gasteiger partial charge in [-0.05, 0) is 39.0 Å². The van der Waals surface area contributed by atoms with Crippen molar-refractivity contribution in [1.82, 2.24) is 5.32 Å². The van der Waals surface area contributed by atoms with Crippen LogP contribution in [0.1, 0.15) is 26.3 Å². The number of rotatable bonds is 7. The molecule has 0 aromatic heterocycles. The molecule has 8 heteroatoms. The van der Waals surface area contributed by atoms with E-state index < -0.39 is 23.1 Å². The minimum atomic E-state index is -1.40. The largest absolute Gasteiger partial charge is 0.490 e. The van der Waals surface area contributed by atoms with Gasteiger partial charge in [-0.25, -0.2) is 8.78 Å². The van der Waals surface area contributed by atoms with E-state index in [0.717, 1.165) is 24.1 Å². The van der Waals surface area contributed by atoms with Crippen LogP contribution in [0.4, 0.5) is 8.78 Å². The highest BCUT2D eigenvalue weighted by Crippen LogP contribution is 2.41. The first-order valence-electron chi connectivity index (χ1n) is 9.35. The molecule has 0 aliphatic carbocycles. The Hall–Kier alpha value is -3.34. The van der Waals surface area contributed by atoms with Gasteiger partial charge in [0, 0.05) is 18.1 Å². The van der Waals surface area contributed by atoms with Crippen molar-refractivity contribution in [2.45, 2.75) is 38.3 Å². The number of ether oxygens (including phenoxy) is 3. The molecule has 6 nitrogen and oxygen atoms in total. The second kappa shape index (κ2) is 8.19. The quantitative estimate of drug-likeness (QED) is 0.747. The minimum absolute atomic E-state index is 0.0421. The van der Waals surface area contributed by atoms with Crippen molar-refractivity contribution in [1.29, 1.82) is 5.26 Å². The Morgan fingerprint density at radius 2 is 2.03 bits per heavy atom. The molecule has 0 saturated carbocycles. The molecular weight excluding hydrogens is 394 g/mol. The number of nitrogens with zero attached hydrogens (tertiary/aromatic N) is 1. The number of nitrogens with one attached hydrogen (secondary N) is 1. The first-order valence-corrected chi connectivity index (χ1v) is 9.35. The van der Waals surface area contributed by atoms with Crippen LogP contribution < -0.4 is 19.5 Å². The van der Waals surface area contributed by atoms with Crippen molar-refractivity contribution in [3.63, 3.8) is 0 Å². The fraction of sp³-hybridized carbons (Fsp3) is 0.364. The number of carbonyl (C=O) groups excluding carboxylic acids is 1. The number of benzene rings is 2. The zero-order valence-electron chi connectivity index (χ0n) is 16.9. The molecule has 1 heterocycles. The van der Waals surface area contributed by atoms with Gasteiger partial charge in [0.25, 0.3) is 5.91 Å². The van der Waals surface area contributed by atoms with Crippen LogP contribution in [0.15, 0.2) is 36.4 Å². The summed E-state index contributed by atoms with van der Waals surface area (Å²) in [6.07, 6.45) is 0.736. The summed E-state index contributed by atoms with van der Waals surface area (Å²) in [6.45, 7) is 4.79. The van der Waals surface area contributed by atoms with Crippen LogP contribution >= 0.6 is 0 Å². The third-order valence-corrected chi connectivity index (χ3v) is 4.49. The second-order valence-corrected chi connectivity index (χ2v) is 7.93. The first kappa shape index (κ1) is 21.4. The molecule has 1 amide bonds. The third-order valence-electron chi connectivity index (χ3n) is 4.49. The van der Waals surface area contributed by atoms with E-state index in [1.807, 2.05) is 32.0 Å². The summed E-state index contributed by atoms with van der Waals surface area (Å²) in [7, 11) is 0. The van der Waals surface area contributed by atoms with Crippen molar-refractivity contribution >= 4 is 5.91 Å². The first-order chi connectivity index (χ1) is 14.1. The molecular formula is C22H22F2N2O4. The molecule has 158 valence electrons. The molecule has 2 aromatic carbocycles. The number of carbonyl (C=O) groups is 1. The zero-order chi connectivity index (χ0) is 21.9. The SMILES string of the molecule is CC(C#N)(COc1ccc(F)c(F)c1)NC(=O)COc1cccc2c1OC(C)(C)C2. The number of hydrogen-bond donors (Lipinski definition) is 1. The molecule has 30 heavy (non-hydrogen) atoms. The van der Waals surface area contributed by atoms with Gasteiger partial charge in [0.1, 0.15) is 18.0 Å². The Kier molecular flexibility index (Phi) is 5.83. The summed E-state index contributed by atoms with van der Waals surface area (Å²) in [5, 5.41) is 12.0. The lowest BCUT2D eigenvalue weighted by atomic mass is 10.0. The van der Waals surface area contributed by atoms with E-state index in [1.165, 1.54) is 13.0 Å². The topological polar surface area (TPSA) is 80.6 Å². The number of fused-ring (bicyclic) bond motifs is 1. The molecule has 0 spiro atoms. The fourth-order valence-electron chi connectivity index (χ4n) is 3.08. The molecule has 3 rings (SSSR count). The second-order valence-electron chi connectivity index (χ2n) is 7.93. The van der Waals surface area contributed by atoms with Crippen molar-refractivity contribution in [3.8, 4) is 23.3 Å². The van der Waals surface area contributed by atoms with Crippen molar-refractivity contribution < 1.29 is 27.8 Å². The molecule has 0 radical (unpaired) electrons. The molecule has 0 bridgehead atoms. The van der Waals surface area contributed by atoms with Crippen LogP contribution in [0.3, 0.4) is 0 Å². The van der Waals surface area contributed by atoms with Gasteiger partial charge in [-0.3, -0.25) is 4.79 Å². The van der Waals surface area contributed by atoms with Crippen molar-refractivity contribution in [2.75, 3.05) is 13.2 Å². The standard InChI is InChI=1S/C22H22F2N2O4/c1-21(2)10-14-5-4-6-18(20(14)30-21)28-11-19(27)26-22(3,12-25)13-29-15-7-8-16(23)17(24)9-15/h4-9H,10-11,13H2,1-3H3,(H,26,27). The monoisotopic (exact) mass is 416 g/mol. The molecule has 1 unspecified atom stereocenters. The molecule has 2 aromatic rings. The van der Waals surface area contributed by atoms with Gasteiger partial charge >= 0.3 is 0 Å². The fourth-order valence-corrected chi connectivity index (χ4v) is 3.08. The van der Waals surface area contributed by atoms with Crippen LogP contribution in [0.25, 0.3) is 0 Å². The smallest absolute Gasteiger partial charge is 0.259 e. The predicted octanol–water partition coefficient (Wildman–Crippen LogP) is 3.53. The van der Waals surface area contributed by atoms with Gasteiger partial charge in [0.2, 0.25) is 0 Å². The molecule has 1 aliphatic heterocycles. The highest BCUT2D eigenvalue weighted by Gasteiger charge is 2.33. The van der Waals surface area contributed by atoms with Crippen LogP contribution in [0.5, 0.6) is 17.2 Å². The Balaban J connectivity index is 1.57. The summed E-state index contributed by atoms with van der Waals surface area (Å²) in [5.41, 5.74) is -0.747. The number of nitriles is 1. The molecule has 0 fully saturated rings. The highest BCUT2D eigenvalue weighted by atomic mass is 19.2. The molecule has 1 N–H and O–H groups in total. The number of para-hydroxylation sites is 1. The lowest BCUT2D eigenvalue weighted by molar-refractivity contribution is -0.124. The van der Waals surface area contributed by atoms with Gasteiger partial charge in [-0.15, -0.1) is 0 Å². The van der Waals surface area contributed by atoms with Gasteiger partial charge < -0.3 is 19.5 Å². The Morgan fingerprint density at radius 3 is 2.73 bits per heavy atom. The lowest BCUT2D eigenvalue weighted by Crippen LogP contribution is -2.50. The Bertz CT molecular complexity index is 1000. The summed E-state index contributed by atoms with van der Waals surface area (Å²) >= 11 is 0. The lowest BCUT2D eigenvalue weighted by Gasteiger charge is -2.23. The summed E-state index contributed by atoms with van der Waals surface area (Å²) in [4.78, 5) is 12.3. The van der Waals surface area contributed by atoms with E-state index in [-0.39, 0.29) is 24.6 Å². The molecule has 0 saturated heterocycles. The highest BCUT2D eigenvalue weighted by molar-refractivity contribution is 5.79. The summed E-state index contributed by atoms with van der Waals surface area (Å²) in [5.74, 6) is -1.51. The minimum Gasteiger partial charge on any atom is -0.490 e. The average Bonchev–Trinajstić information content (AvgIpc) is 3.01. The van der Waals surface area contributed by atoms with Crippen molar-refractivity contribution in [2.24, 2.45) is 0 Å². The van der Waals surface area contributed by atoms with E-state index in [4.69, 9.17) is 14.2 Å². The Labute approximate surface area is 173 Å². The van der Waals surface area contributed by atoms with Crippen LogP contribution in [0.2, 0.25) is 0 Å². The van der Waals surface area contributed by atoms with Gasteiger partial charge in [-0.1, -0.05) is 12.1 Å². The number of hydrogen-bond acceptors (Lipinski definition) is 5. The van der Waals surface area contributed by atoms with Crippen LogP contribution in [-0.2, 0) is 11.2 Å². The summed E-state index contributed by atoms with van der Waals surface area (Å²) in [6, 6.07) is 10.5. The normalized spacial score (nSPS) is 15.9. The van der Waals surface area contributed by atoms with E-state index >= 15 is 0 Å². The van der Waals surface area contributed by atoms with Crippen LogP contribution in [0, 0.1) is 23.0 Å². The van der Waals surface area contributed by atoms with E-state index in [2.05, 4.69) is 5.32 Å². The van der Waals surface area contributed by atoms with Gasteiger partial charge in [0.15, 0.2) is 35.3 Å². The average molecular weight is 416 g/mol. The number of halogens is 2. The van der Waals surface area contributed by atoms with E-state index in [9.17, 15) is 18.8 Å². The Morgan fingerprint density at radius 1 is 1.27 bits per heavy atom.